The number of fused-ring (bicyclic) bond motifs is 6. The molecule has 0 amide bonds. The zero-order chi connectivity index (χ0) is 35.3. The van der Waals surface area contributed by atoms with Crippen molar-refractivity contribution in [2.45, 2.75) is 0 Å². The van der Waals surface area contributed by atoms with Crippen LogP contribution in [0.4, 0.5) is 5.69 Å². The molecule has 246 valence electrons. The molecule has 0 aliphatic heterocycles. The molecule has 0 saturated carbocycles. The van der Waals surface area contributed by atoms with Crippen LogP contribution in [0.1, 0.15) is 0 Å². The summed E-state index contributed by atoms with van der Waals surface area (Å²) in [4.78, 5) is 18.9. The highest BCUT2D eigenvalue weighted by Gasteiger charge is 2.19. The van der Waals surface area contributed by atoms with Crippen molar-refractivity contribution in [3.8, 4) is 56.4 Å². The van der Waals surface area contributed by atoms with Gasteiger partial charge in [0.05, 0.1) is 6.57 Å². The maximum atomic E-state index is 8.10. The number of hydrogen-bond donors (Lipinski definition) is 0. The second kappa shape index (κ2) is 12.4. The summed E-state index contributed by atoms with van der Waals surface area (Å²) in [5, 5.41) is 6.70. The number of aromatic nitrogens is 3. The molecule has 2 aromatic heterocycles. The SMILES string of the molecule is [C-]#[N+]c1cc(-c2ccccc2)ccc1-c1nc(-c2ccccc2)nc(-c2ccc3oc4cc(-c5cccc6ccccc56)c5ccccc5c4c3c2)n1. The Labute approximate surface area is 305 Å². The van der Waals surface area contributed by atoms with Gasteiger partial charge in [-0.2, -0.15) is 0 Å². The highest BCUT2D eigenvalue weighted by molar-refractivity contribution is 6.23. The molecular formula is C48H28N4O. The Hall–Kier alpha value is -7.42. The molecule has 0 N–H and O–H groups in total. The summed E-state index contributed by atoms with van der Waals surface area (Å²) in [5.74, 6) is 1.50. The fourth-order valence-corrected chi connectivity index (χ4v) is 7.43. The van der Waals surface area contributed by atoms with Crippen LogP contribution in [0.3, 0.4) is 0 Å². The van der Waals surface area contributed by atoms with Crippen molar-refractivity contribution >= 4 is 49.2 Å². The zero-order valence-electron chi connectivity index (χ0n) is 28.4. The molecule has 0 unspecified atom stereocenters. The first kappa shape index (κ1) is 30.4. The summed E-state index contributed by atoms with van der Waals surface area (Å²) in [5.41, 5.74) is 8.74. The second-order valence-electron chi connectivity index (χ2n) is 13.1. The van der Waals surface area contributed by atoms with E-state index in [0.717, 1.165) is 60.5 Å². The summed E-state index contributed by atoms with van der Waals surface area (Å²) < 4.78 is 6.60. The molecule has 10 aromatic rings. The number of rotatable bonds is 5. The van der Waals surface area contributed by atoms with Crippen LogP contribution in [-0.2, 0) is 0 Å². The van der Waals surface area contributed by atoms with E-state index in [9.17, 15) is 0 Å². The molecule has 5 heteroatoms. The number of hydrogen-bond acceptors (Lipinski definition) is 4. The van der Waals surface area contributed by atoms with Crippen molar-refractivity contribution in [2.24, 2.45) is 0 Å². The van der Waals surface area contributed by atoms with Gasteiger partial charge in [-0.25, -0.2) is 19.8 Å². The van der Waals surface area contributed by atoms with E-state index in [1.165, 1.54) is 16.3 Å². The lowest BCUT2D eigenvalue weighted by atomic mass is 9.92. The average Bonchev–Trinajstić information content (AvgIpc) is 3.61. The maximum absolute atomic E-state index is 8.10. The van der Waals surface area contributed by atoms with Crippen LogP contribution in [0.5, 0.6) is 0 Å². The van der Waals surface area contributed by atoms with Crippen molar-refractivity contribution in [1.29, 1.82) is 0 Å². The summed E-state index contributed by atoms with van der Waals surface area (Å²) in [6.07, 6.45) is 0. The molecule has 0 saturated heterocycles. The van der Waals surface area contributed by atoms with Crippen molar-refractivity contribution in [2.75, 3.05) is 0 Å². The molecule has 0 aliphatic carbocycles. The van der Waals surface area contributed by atoms with E-state index in [4.69, 9.17) is 25.9 Å². The van der Waals surface area contributed by atoms with Gasteiger partial charge in [0.25, 0.3) is 0 Å². The maximum Gasteiger partial charge on any atom is 0.198 e. The van der Waals surface area contributed by atoms with E-state index in [2.05, 4.69) is 83.7 Å². The third-order valence-corrected chi connectivity index (χ3v) is 9.95. The van der Waals surface area contributed by atoms with Crippen LogP contribution in [0.2, 0.25) is 0 Å². The van der Waals surface area contributed by atoms with Gasteiger partial charge < -0.3 is 4.42 Å². The van der Waals surface area contributed by atoms with Crippen molar-refractivity contribution in [1.82, 2.24) is 15.0 Å². The highest BCUT2D eigenvalue weighted by atomic mass is 16.3. The summed E-state index contributed by atoms with van der Waals surface area (Å²) in [7, 11) is 0. The number of nitrogens with zero attached hydrogens (tertiary/aromatic N) is 4. The Morgan fingerprint density at radius 3 is 1.83 bits per heavy atom. The van der Waals surface area contributed by atoms with Gasteiger partial charge >= 0.3 is 0 Å². The minimum atomic E-state index is 0.446. The summed E-state index contributed by atoms with van der Waals surface area (Å²) >= 11 is 0. The molecule has 5 nitrogen and oxygen atoms in total. The molecule has 53 heavy (non-hydrogen) atoms. The van der Waals surface area contributed by atoms with E-state index in [1.54, 1.807) is 0 Å². The number of furan rings is 1. The average molecular weight is 677 g/mol. The third kappa shape index (κ3) is 5.21. The Bertz CT molecular complexity index is 3060. The van der Waals surface area contributed by atoms with Crippen LogP contribution in [0.25, 0.3) is 105 Å². The van der Waals surface area contributed by atoms with E-state index in [-0.39, 0.29) is 0 Å². The van der Waals surface area contributed by atoms with Crippen LogP contribution < -0.4 is 0 Å². The first-order valence-electron chi connectivity index (χ1n) is 17.5. The van der Waals surface area contributed by atoms with Gasteiger partial charge in [-0.15, -0.1) is 0 Å². The molecule has 0 bridgehead atoms. The standard InChI is InChI=1S/C48H28N4O/c1-49-42-28-33(30-13-4-2-5-14-30)23-25-39(42)48-51-46(32-16-6-3-7-17-32)50-47(52-48)34-24-26-43-41(27-34)45-38-21-11-10-20-37(38)40(29-44(45)53-43)36-22-12-18-31-15-8-9-19-35(31)36/h2-29H. The monoisotopic (exact) mass is 676 g/mol. The molecule has 0 radical (unpaired) electrons. The smallest absolute Gasteiger partial charge is 0.198 e. The first-order valence-corrected chi connectivity index (χ1v) is 17.5. The molecule has 8 aromatic carbocycles. The molecule has 0 atom stereocenters. The largest absolute Gasteiger partial charge is 0.456 e. The van der Waals surface area contributed by atoms with E-state index < -0.39 is 0 Å². The van der Waals surface area contributed by atoms with Crippen molar-refractivity contribution in [3.05, 3.63) is 181 Å². The van der Waals surface area contributed by atoms with E-state index in [1.807, 2.05) is 91.0 Å². The molecule has 0 aliphatic rings. The lowest BCUT2D eigenvalue weighted by Crippen LogP contribution is -2.00. The van der Waals surface area contributed by atoms with Gasteiger partial charge in [-0.05, 0) is 74.1 Å². The van der Waals surface area contributed by atoms with Gasteiger partial charge in [0.1, 0.15) is 11.2 Å². The van der Waals surface area contributed by atoms with Crippen molar-refractivity contribution in [3.63, 3.8) is 0 Å². The van der Waals surface area contributed by atoms with Gasteiger partial charge in [0, 0.05) is 27.5 Å². The predicted molar refractivity (Wildman–Crippen MR) is 216 cm³/mol. The fourth-order valence-electron chi connectivity index (χ4n) is 7.43. The minimum absolute atomic E-state index is 0.446. The number of benzene rings is 8. The Balaban J connectivity index is 1.17. The molecule has 0 fully saturated rings. The van der Waals surface area contributed by atoms with Crippen LogP contribution in [-0.4, -0.2) is 15.0 Å². The normalized spacial score (nSPS) is 11.4. The quantitative estimate of drug-likeness (QED) is 0.170. The van der Waals surface area contributed by atoms with Gasteiger partial charge in [0.2, 0.25) is 0 Å². The minimum Gasteiger partial charge on any atom is -0.456 e. The van der Waals surface area contributed by atoms with Crippen LogP contribution in [0, 0.1) is 6.57 Å². The molecule has 2 heterocycles. The van der Waals surface area contributed by atoms with Gasteiger partial charge in [0.15, 0.2) is 23.2 Å². The third-order valence-electron chi connectivity index (χ3n) is 9.95. The van der Waals surface area contributed by atoms with Crippen LogP contribution >= 0.6 is 0 Å². The first-order chi connectivity index (χ1) is 26.2. The predicted octanol–water partition coefficient (Wildman–Crippen LogP) is 13.0. The summed E-state index contributed by atoms with van der Waals surface area (Å²) in [6.45, 7) is 8.10. The van der Waals surface area contributed by atoms with Crippen molar-refractivity contribution < 1.29 is 4.42 Å². The van der Waals surface area contributed by atoms with Gasteiger partial charge in [-0.3, -0.25) is 0 Å². The summed E-state index contributed by atoms with van der Waals surface area (Å²) in [6, 6.07) is 57.6. The zero-order valence-corrected chi connectivity index (χ0v) is 28.4. The lowest BCUT2D eigenvalue weighted by Gasteiger charge is -2.11. The van der Waals surface area contributed by atoms with Gasteiger partial charge in [-0.1, -0.05) is 140 Å². The Kier molecular flexibility index (Phi) is 7.12. The van der Waals surface area contributed by atoms with E-state index in [0.29, 0.717) is 28.7 Å². The van der Waals surface area contributed by atoms with E-state index >= 15 is 0 Å². The fraction of sp³-hybridized carbons (Fsp3) is 0. The Morgan fingerprint density at radius 2 is 1.04 bits per heavy atom. The molecular weight excluding hydrogens is 649 g/mol. The molecule has 10 rings (SSSR count). The topological polar surface area (TPSA) is 56.2 Å². The Morgan fingerprint density at radius 1 is 0.396 bits per heavy atom. The molecule has 0 spiro atoms. The highest BCUT2D eigenvalue weighted by Crippen LogP contribution is 2.43. The lowest BCUT2D eigenvalue weighted by molar-refractivity contribution is 0.669. The second-order valence-corrected chi connectivity index (χ2v) is 13.1. The van der Waals surface area contributed by atoms with Crippen LogP contribution in [0.15, 0.2) is 174 Å².